The first-order valence-corrected chi connectivity index (χ1v) is 8.17. The summed E-state index contributed by atoms with van der Waals surface area (Å²) >= 11 is 0. The second-order valence-electron chi connectivity index (χ2n) is 5.57. The summed E-state index contributed by atoms with van der Waals surface area (Å²) in [6, 6.07) is 1.22. The molecule has 0 bridgehead atoms. The van der Waals surface area contributed by atoms with Crippen LogP contribution in [0.15, 0.2) is 15.4 Å². The Hall–Kier alpha value is -1.34. The molecule has 1 aliphatic rings. The maximum absolute atomic E-state index is 12.3. The number of nitrogens with two attached hydrogens (primary N) is 1. The maximum atomic E-state index is 12.3. The van der Waals surface area contributed by atoms with Crippen molar-refractivity contribution in [2.75, 3.05) is 13.1 Å². The molecule has 2 rings (SSSR count). The summed E-state index contributed by atoms with van der Waals surface area (Å²) in [5.41, 5.74) is 0. The number of nitrogens with zero attached hydrogens (tertiary/aromatic N) is 1. The van der Waals surface area contributed by atoms with Crippen LogP contribution >= 0.6 is 0 Å². The minimum atomic E-state index is -3.86. The van der Waals surface area contributed by atoms with Crippen molar-refractivity contribution in [3.05, 3.63) is 17.6 Å². The Morgan fingerprint density at radius 2 is 2.05 bits per heavy atom. The molecule has 7 heteroatoms. The van der Waals surface area contributed by atoms with Crippen LogP contribution in [0.25, 0.3) is 0 Å². The third-order valence-electron chi connectivity index (χ3n) is 4.01. The third-order valence-corrected chi connectivity index (χ3v) is 5.03. The van der Waals surface area contributed by atoms with Crippen molar-refractivity contribution in [2.45, 2.75) is 32.1 Å². The van der Waals surface area contributed by atoms with E-state index in [1.807, 2.05) is 0 Å². The Morgan fingerprint density at radius 3 is 2.55 bits per heavy atom. The van der Waals surface area contributed by atoms with Crippen LogP contribution in [0.1, 0.15) is 36.6 Å². The molecule has 112 valence electrons. The highest BCUT2D eigenvalue weighted by molar-refractivity contribution is 7.89. The van der Waals surface area contributed by atoms with Crippen LogP contribution in [0.4, 0.5) is 0 Å². The summed E-state index contributed by atoms with van der Waals surface area (Å²) in [5, 5.41) is 5.08. The van der Waals surface area contributed by atoms with Gasteiger partial charge in [-0.05, 0) is 25.2 Å². The zero-order chi connectivity index (χ0) is 15.1. The molecule has 2 unspecified atom stereocenters. The van der Waals surface area contributed by atoms with Crippen molar-refractivity contribution in [2.24, 2.45) is 17.0 Å². The lowest BCUT2D eigenvalue weighted by Gasteiger charge is -2.34. The molecule has 0 radical (unpaired) electrons. The lowest BCUT2D eigenvalue weighted by Crippen LogP contribution is -2.42. The largest absolute Gasteiger partial charge is 0.455 e. The number of primary sulfonamides is 1. The van der Waals surface area contributed by atoms with Gasteiger partial charge in [0.05, 0.1) is 0 Å². The van der Waals surface area contributed by atoms with Gasteiger partial charge in [-0.2, -0.15) is 0 Å². The minimum Gasteiger partial charge on any atom is -0.455 e. The predicted octanol–water partition coefficient (Wildman–Crippen LogP) is 1.35. The van der Waals surface area contributed by atoms with E-state index in [9.17, 15) is 13.2 Å². The molecule has 0 aromatic carbocycles. The Bertz CT molecular complexity index is 620. The first-order valence-electron chi connectivity index (χ1n) is 6.62. The predicted molar refractivity (Wildman–Crippen MR) is 73.7 cm³/mol. The zero-order valence-corrected chi connectivity index (χ0v) is 12.7. The molecule has 0 saturated carbocycles. The molecule has 1 aliphatic heterocycles. The highest BCUT2D eigenvalue weighted by Gasteiger charge is 2.29. The number of furan rings is 1. The molecule has 1 aromatic rings. The van der Waals surface area contributed by atoms with Gasteiger partial charge in [0.2, 0.25) is 10.0 Å². The van der Waals surface area contributed by atoms with Gasteiger partial charge in [-0.25, -0.2) is 13.6 Å². The fourth-order valence-electron chi connectivity index (χ4n) is 2.46. The molecule has 1 aromatic heterocycles. The SMILES string of the molecule is Cc1oc(C(=O)N2CCC(C)C(C)C2)cc1S(N)(=O)=O. The van der Waals surface area contributed by atoms with Crippen LogP contribution in [-0.4, -0.2) is 32.3 Å². The van der Waals surface area contributed by atoms with Crippen LogP contribution in [0.5, 0.6) is 0 Å². The monoisotopic (exact) mass is 300 g/mol. The van der Waals surface area contributed by atoms with E-state index in [-0.39, 0.29) is 22.3 Å². The first-order chi connectivity index (χ1) is 9.20. The van der Waals surface area contributed by atoms with Gasteiger partial charge >= 0.3 is 0 Å². The number of carbonyl (C=O) groups is 1. The van der Waals surface area contributed by atoms with Gasteiger partial charge < -0.3 is 9.32 Å². The normalized spacial score (nSPS) is 23.9. The lowest BCUT2D eigenvalue weighted by atomic mass is 9.88. The number of amides is 1. The van der Waals surface area contributed by atoms with Crippen LogP contribution in [0, 0.1) is 18.8 Å². The standard InChI is InChI=1S/C13H20N2O4S/c1-8-4-5-15(7-9(8)2)13(16)11-6-12(10(3)19-11)20(14,17)18/h6,8-9H,4-5,7H2,1-3H3,(H2,14,17,18). The molecule has 2 heterocycles. The molecule has 6 nitrogen and oxygen atoms in total. The fourth-order valence-corrected chi connectivity index (χ4v) is 3.17. The highest BCUT2D eigenvalue weighted by atomic mass is 32.2. The van der Waals surface area contributed by atoms with Crippen molar-refractivity contribution in [1.29, 1.82) is 0 Å². The summed E-state index contributed by atoms with van der Waals surface area (Å²) in [6.07, 6.45) is 0.939. The smallest absolute Gasteiger partial charge is 0.289 e. The summed E-state index contributed by atoms with van der Waals surface area (Å²) < 4.78 is 28.0. The van der Waals surface area contributed by atoms with E-state index in [0.29, 0.717) is 24.9 Å². The van der Waals surface area contributed by atoms with Crippen molar-refractivity contribution in [3.63, 3.8) is 0 Å². The molecule has 2 N–H and O–H groups in total. The van der Waals surface area contributed by atoms with E-state index in [2.05, 4.69) is 13.8 Å². The summed E-state index contributed by atoms with van der Waals surface area (Å²) in [5.74, 6) is 0.906. The zero-order valence-electron chi connectivity index (χ0n) is 11.9. The molecule has 1 amide bonds. The first kappa shape index (κ1) is 15.1. The molecule has 2 atom stereocenters. The van der Waals surface area contributed by atoms with Gasteiger partial charge in [0, 0.05) is 19.2 Å². The molecule has 1 fully saturated rings. The Balaban J connectivity index is 2.22. The Morgan fingerprint density at radius 1 is 1.40 bits per heavy atom. The van der Waals surface area contributed by atoms with E-state index in [1.165, 1.54) is 13.0 Å². The Labute approximate surface area is 119 Å². The lowest BCUT2D eigenvalue weighted by molar-refractivity contribution is 0.0594. The van der Waals surface area contributed by atoms with Gasteiger partial charge in [-0.3, -0.25) is 4.79 Å². The summed E-state index contributed by atoms with van der Waals surface area (Å²) in [6.45, 7) is 7.08. The van der Waals surface area contributed by atoms with Gasteiger partial charge in [0.1, 0.15) is 10.7 Å². The molecule has 0 aliphatic carbocycles. The van der Waals surface area contributed by atoms with Crippen LogP contribution < -0.4 is 5.14 Å². The highest BCUT2D eigenvalue weighted by Crippen LogP contribution is 2.25. The van der Waals surface area contributed by atoms with Crippen molar-refractivity contribution in [3.8, 4) is 0 Å². The number of rotatable bonds is 2. The van der Waals surface area contributed by atoms with Gasteiger partial charge in [0.15, 0.2) is 5.76 Å². The number of aryl methyl sites for hydroxylation is 1. The molecular weight excluding hydrogens is 280 g/mol. The maximum Gasteiger partial charge on any atom is 0.289 e. The number of sulfonamides is 1. The molecule has 20 heavy (non-hydrogen) atoms. The number of likely N-dealkylation sites (tertiary alicyclic amines) is 1. The topological polar surface area (TPSA) is 93.6 Å². The van der Waals surface area contributed by atoms with Gasteiger partial charge in [-0.1, -0.05) is 13.8 Å². The second-order valence-corrected chi connectivity index (χ2v) is 7.10. The van der Waals surface area contributed by atoms with Crippen LogP contribution in [0.2, 0.25) is 0 Å². The van der Waals surface area contributed by atoms with E-state index < -0.39 is 10.0 Å². The quantitative estimate of drug-likeness (QED) is 0.892. The van der Waals surface area contributed by atoms with E-state index in [4.69, 9.17) is 9.56 Å². The molecule has 0 spiro atoms. The molecule has 1 saturated heterocycles. The fraction of sp³-hybridized carbons (Fsp3) is 0.615. The number of hydrogen-bond donors (Lipinski definition) is 1. The van der Waals surface area contributed by atoms with Gasteiger partial charge in [-0.15, -0.1) is 0 Å². The second kappa shape index (κ2) is 5.21. The average Bonchev–Trinajstić information content (AvgIpc) is 2.74. The van der Waals surface area contributed by atoms with Crippen molar-refractivity contribution >= 4 is 15.9 Å². The number of carbonyl (C=O) groups excluding carboxylic acids is 1. The minimum absolute atomic E-state index is 0.0354. The Kier molecular flexibility index (Phi) is 3.93. The van der Waals surface area contributed by atoms with Crippen molar-refractivity contribution in [1.82, 2.24) is 4.90 Å². The third kappa shape index (κ3) is 2.88. The molecular formula is C13H20N2O4S. The van der Waals surface area contributed by atoms with E-state index in [0.717, 1.165) is 6.42 Å². The van der Waals surface area contributed by atoms with E-state index in [1.54, 1.807) is 4.90 Å². The van der Waals surface area contributed by atoms with Gasteiger partial charge in [0.25, 0.3) is 5.91 Å². The summed E-state index contributed by atoms with van der Waals surface area (Å²) in [4.78, 5) is 13.9. The summed E-state index contributed by atoms with van der Waals surface area (Å²) in [7, 11) is -3.86. The van der Waals surface area contributed by atoms with Crippen molar-refractivity contribution < 1.29 is 17.6 Å². The van der Waals surface area contributed by atoms with Crippen LogP contribution in [0.3, 0.4) is 0 Å². The van der Waals surface area contributed by atoms with E-state index >= 15 is 0 Å². The average molecular weight is 300 g/mol. The number of piperidine rings is 1. The number of hydrogen-bond acceptors (Lipinski definition) is 4. The van der Waals surface area contributed by atoms with Crippen LogP contribution in [-0.2, 0) is 10.0 Å².